The second-order valence-electron chi connectivity index (χ2n) is 5.20. The Labute approximate surface area is 164 Å². The van der Waals surface area contributed by atoms with Crippen LogP contribution in [0.15, 0.2) is 14.9 Å². The Hall–Kier alpha value is -1.16. The minimum Gasteiger partial charge on any atom is -0.361 e. The maximum atomic E-state index is 5.39. The Morgan fingerprint density at radius 1 is 1.29 bits per heavy atom. The van der Waals surface area contributed by atoms with Crippen LogP contribution in [0.25, 0.3) is 0 Å². The molecule has 2 N–H and O–H groups in total. The van der Waals surface area contributed by atoms with E-state index in [0.29, 0.717) is 6.54 Å². The zero-order valence-electron chi connectivity index (χ0n) is 14.7. The molecule has 0 radical (unpaired) electrons. The molecule has 0 amide bonds. The van der Waals surface area contributed by atoms with E-state index >= 15 is 0 Å². The van der Waals surface area contributed by atoms with Crippen molar-refractivity contribution >= 4 is 41.3 Å². The molecule has 0 unspecified atom stereocenters. The second-order valence-corrected chi connectivity index (χ2v) is 6.26. The molecule has 2 aromatic rings. The summed E-state index contributed by atoms with van der Waals surface area (Å²) in [5.74, 6) is 1.73. The van der Waals surface area contributed by atoms with Gasteiger partial charge in [0.1, 0.15) is 5.76 Å². The highest BCUT2D eigenvalue weighted by Gasteiger charge is 2.13. The maximum absolute atomic E-state index is 5.39. The van der Waals surface area contributed by atoms with Crippen molar-refractivity contribution in [2.45, 2.75) is 46.6 Å². The standard InChI is InChI=1S/C16H25N5OS.HI/c1-5-14-13(15(6-2)22-21-14)9-19-16(17-4)18-8-7-12-10-23-11(3)20-12;/h10H,5-9H2,1-4H3,(H2,17,18,19);1H. The van der Waals surface area contributed by atoms with Crippen molar-refractivity contribution in [1.29, 1.82) is 0 Å². The monoisotopic (exact) mass is 463 g/mol. The first-order chi connectivity index (χ1) is 11.2. The number of thiazole rings is 1. The van der Waals surface area contributed by atoms with Crippen LogP contribution in [-0.2, 0) is 25.8 Å². The number of guanidine groups is 1. The lowest BCUT2D eigenvalue weighted by atomic mass is 10.1. The average Bonchev–Trinajstić information content (AvgIpc) is 3.16. The molecule has 0 saturated heterocycles. The van der Waals surface area contributed by atoms with E-state index in [1.54, 1.807) is 18.4 Å². The van der Waals surface area contributed by atoms with E-state index in [9.17, 15) is 0 Å². The molecule has 0 spiro atoms. The zero-order chi connectivity index (χ0) is 16.7. The summed E-state index contributed by atoms with van der Waals surface area (Å²) in [5.41, 5.74) is 3.28. The van der Waals surface area contributed by atoms with Crippen LogP contribution in [0.3, 0.4) is 0 Å². The summed E-state index contributed by atoms with van der Waals surface area (Å²) in [4.78, 5) is 8.72. The number of aromatic nitrogens is 2. The number of rotatable bonds is 7. The van der Waals surface area contributed by atoms with Gasteiger partial charge in [-0.15, -0.1) is 35.3 Å². The smallest absolute Gasteiger partial charge is 0.191 e. The molecule has 0 fully saturated rings. The molecule has 2 heterocycles. The third kappa shape index (κ3) is 5.73. The highest BCUT2D eigenvalue weighted by atomic mass is 127. The van der Waals surface area contributed by atoms with Crippen LogP contribution in [0.4, 0.5) is 0 Å². The van der Waals surface area contributed by atoms with E-state index in [-0.39, 0.29) is 24.0 Å². The maximum Gasteiger partial charge on any atom is 0.191 e. The van der Waals surface area contributed by atoms with Crippen LogP contribution < -0.4 is 10.6 Å². The van der Waals surface area contributed by atoms with Gasteiger partial charge in [0.2, 0.25) is 0 Å². The van der Waals surface area contributed by atoms with Crippen molar-refractivity contribution in [3.05, 3.63) is 33.1 Å². The lowest BCUT2D eigenvalue weighted by Crippen LogP contribution is -2.38. The van der Waals surface area contributed by atoms with Crippen molar-refractivity contribution in [2.75, 3.05) is 13.6 Å². The summed E-state index contributed by atoms with van der Waals surface area (Å²) < 4.78 is 5.39. The van der Waals surface area contributed by atoms with Crippen LogP contribution in [0.1, 0.15) is 41.6 Å². The Morgan fingerprint density at radius 3 is 2.67 bits per heavy atom. The molecule has 0 bridgehead atoms. The molecule has 2 rings (SSSR count). The summed E-state index contributed by atoms with van der Waals surface area (Å²) in [6, 6.07) is 0. The minimum atomic E-state index is 0. The predicted octanol–water partition coefficient (Wildman–Crippen LogP) is 3.09. The number of halogens is 1. The average molecular weight is 463 g/mol. The van der Waals surface area contributed by atoms with E-state index in [0.717, 1.165) is 59.5 Å². The lowest BCUT2D eigenvalue weighted by molar-refractivity contribution is 0.380. The summed E-state index contributed by atoms with van der Waals surface area (Å²) in [7, 11) is 1.78. The minimum absolute atomic E-state index is 0. The largest absolute Gasteiger partial charge is 0.361 e. The Balaban J connectivity index is 0.00000288. The third-order valence-corrected chi connectivity index (χ3v) is 4.43. The first-order valence-corrected chi connectivity index (χ1v) is 8.87. The topological polar surface area (TPSA) is 75.3 Å². The van der Waals surface area contributed by atoms with Crippen molar-refractivity contribution < 1.29 is 4.52 Å². The number of nitrogens with one attached hydrogen (secondary N) is 2. The fraction of sp³-hybridized carbons (Fsp3) is 0.562. The van der Waals surface area contributed by atoms with Gasteiger partial charge >= 0.3 is 0 Å². The van der Waals surface area contributed by atoms with Crippen molar-refractivity contribution in [3.63, 3.8) is 0 Å². The second kappa shape index (κ2) is 10.7. The van der Waals surface area contributed by atoms with Gasteiger partial charge in [-0.05, 0) is 13.3 Å². The van der Waals surface area contributed by atoms with Crippen LogP contribution in [0, 0.1) is 6.92 Å². The van der Waals surface area contributed by atoms with E-state index < -0.39 is 0 Å². The van der Waals surface area contributed by atoms with Crippen LogP contribution in [0.5, 0.6) is 0 Å². The summed E-state index contributed by atoms with van der Waals surface area (Å²) in [5, 5.41) is 14.0. The highest BCUT2D eigenvalue weighted by molar-refractivity contribution is 14.0. The van der Waals surface area contributed by atoms with Gasteiger partial charge < -0.3 is 15.2 Å². The lowest BCUT2D eigenvalue weighted by Gasteiger charge is -2.11. The van der Waals surface area contributed by atoms with Crippen molar-refractivity contribution in [2.24, 2.45) is 4.99 Å². The normalized spacial score (nSPS) is 11.2. The van der Waals surface area contributed by atoms with E-state index in [1.807, 2.05) is 6.92 Å². The quantitative estimate of drug-likeness (QED) is 0.375. The number of aryl methyl sites for hydroxylation is 3. The molecule has 0 atom stereocenters. The third-order valence-electron chi connectivity index (χ3n) is 3.60. The van der Waals surface area contributed by atoms with Crippen molar-refractivity contribution in [3.8, 4) is 0 Å². The van der Waals surface area contributed by atoms with Crippen molar-refractivity contribution in [1.82, 2.24) is 20.8 Å². The molecule has 0 aliphatic rings. The number of hydrogen-bond acceptors (Lipinski definition) is 5. The Morgan fingerprint density at radius 2 is 2.08 bits per heavy atom. The number of hydrogen-bond donors (Lipinski definition) is 2. The van der Waals surface area contributed by atoms with Gasteiger partial charge in [-0.25, -0.2) is 4.98 Å². The summed E-state index contributed by atoms with van der Waals surface area (Å²) in [6.07, 6.45) is 2.60. The molecule has 0 aliphatic carbocycles. The molecular formula is C16H26IN5OS. The molecule has 8 heteroatoms. The molecular weight excluding hydrogens is 437 g/mol. The molecule has 0 saturated carbocycles. The molecule has 0 aliphatic heterocycles. The summed E-state index contributed by atoms with van der Waals surface area (Å²) in [6.45, 7) is 7.66. The number of nitrogens with zero attached hydrogens (tertiary/aromatic N) is 3. The van der Waals surface area contributed by atoms with Gasteiger partial charge in [0, 0.05) is 43.9 Å². The van der Waals surface area contributed by atoms with Gasteiger partial charge in [0.15, 0.2) is 5.96 Å². The predicted molar refractivity (Wildman–Crippen MR) is 109 cm³/mol. The van der Waals surface area contributed by atoms with Gasteiger partial charge in [-0.1, -0.05) is 19.0 Å². The van der Waals surface area contributed by atoms with Crippen LogP contribution in [-0.4, -0.2) is 29.7 Å². The molecule has 24 heavy (non-hydrogen) atoms. The highest BCUT2D eigenvalue weighted by Crippen LogP contribution is 2.15. The first kappa shape index (κ1) is 20.9. The molecule has 6 nitrogen and oxygen atoms in total. The van der Waals surface area contributed by atoms with E-state index in [2.05, 4.69) is 45.0 Å². The van der Waals surface area contributed by atoms with Gasteiger partial charge in [-0.3, -0.25) is 4.99 Å². The van der Waals surface area contributed by atoms with Gasteiger partial charge in [-0.2, -0.15) is 0 Å². The van der Waals surface area contributed by atoms with E-state index in [4.69, 9.17) is 4.52 Å². The fourth-order valence-corrected chi connectivity index (χ4v) is 3.01. The number of aliphatic imine (C=N–C) groups is 1. The SMILES string of the molecule is CCc1noc(CC)c1CNC(=NC)NCCc1csc(C)n1.I. The molecule has 134 valence electrons. The summed E-state index contributed by atoms with van der Waals surface area (Å²) >= 11 is 1.68. The fourth-order valence-electron chi connectivity index (χ4n) is 2.36. The molecule has 0 aromatic carbocycles. The Bertz CT molecular complexity index is 631. The van der Waals surface area contributed by atoms with E-state index in [1.165, 1.54) is 0 Å². The van der Waals surface area contributed by atoms with Crippen LogP contribution >= 0.6 is 35.3 Å². The Kier molecular flexibility index (Phi) is 9.27. The zero-order valence-corrected chi connectivity index (χ0v) is 17.8. The van der Waals surface area contributed by atoms with Gasteiger partial charge in [0.25, 0.3) is 0 Å². The van der Waals surface area contributed by atoms with Crippen LogP contribution in [0.2, 0.25) is 0 Å². The first-order valence-electron chi connectivity index (χ1n) is 7.99. The molecule has 2 aromatic heterocycles. The van der Waals surface area contributed by atoms with Gasteiger partial charge in [0.05, 0.1) is 16.4 Å².